The Morgan fingerprint density at radius 2 is 0.968 bits per heavy atom. The van der Waals surface area contributed by atoms with Crippen LogP contribution in [0.3, 0.4) is 0 Å². The molecule has 4 aliphatic heterocycles. The van der Waals surface area contributed by atoms with Crippen molar-refractivity contribution in [3.8, 4) is 0 Å². The van der Waals surface area contributed by atoms with Gasteiger partial charge in [0, 0.05) is 37.0 Å². The second-order valence-corrected chi connectivity index (χ2v) is 16.5. The normalized spacial score (nSPS) is 31.0. The molecule has 0 saturated carbocycles. The number of methoxy groups -OCH3 is 4. The molecule has 2 N–H and O–H groups in total. The monoisotopic (exact) mass is 1110 g/mol. The Bertz CT molecular complexity index is 1430. The molecule has 0 aromatic rings. The highest BCUT2D eigenvalue weighted by Gasteiger charge is 2.37. The molecule has 17 nitrogen and oxygen atoms in total. The van der Waals surface area contributed by atoms with Gasteiger partial charge in [-0.25, -0.2) is 0 Å². The van der Waals surface area contributed by atoms with Crippen molar-refractivity contribution in [1.82, 2.24) is 0 Å². The Morgan fingerprint density at radius 1 is 0.613 bits per heavy atom. The smallest absolute Gasteiger partial charge is 0.308 e. The molecule has 0 bridgehead atoms. The lowest BCUT2D eigenvalue weighted by molar-refractivity contribution is -0.159. The third-order valence-corrected chi connectivity index (χ3v) is 11.5. The van der Waals surface area contributed by atoms with Crippen LogP contribution in [-0.4, -0.2) is 141 Å². The van der Waals surface area contributed by atoms with E-state index in [1.165, 1.54) is 28.4 Å². The van der Waals surface area contributed by atoms with Crippen molar-refractivity contribution < 1.29 is 81.7 Å². The van der Waals surface area contributed by atoms with Crippen molar-refractivity contribution in [2.45, 2.75) is 140 Å². The van der Waals surface area contributed by atoms with E-state index in [0.29, 0.717) is 18.8 Å². The predicted molar refractivity (Wildman–Crippen MR) is 241 cm³/mol. The van der Waals surface area contributed by atoms with Gasteiger partial charge in [0.25, 0.3) is 0 Å². The average Bonchev–Trinajstić information content (AvgIpc) is 3.24. The van der Waals surface area contributed by atoms with E-state index in [1.807, 2.05) is 46.6 Å². The van der Waals surface area contributed by atoms with E-state index in [-0.39, 0.29) is 104 Å². The summed E-state index contributed by atoms with van der Waals surface area (Å²) in [6.07, 6.45) is 2.55. The topological polar surface area (TPSA) is 234 Å². The summed E-state index contributed by atoms with van der Waals surface area (Å²) in [6, 6.07) is 0. The number of hydrogen-bond acceptors (Lipinski definition) is 17. The lowest BCUT2D eigenvalue weighted by atomic mass is 9.88. The quantitative estimate of drug-likeness (QED) is 0.117. The SMILES string of the molecule is C=C1C[C@@H](CC(=O)OC)O[C@H](/C=C/I)[C@H]1C.CC[C@H]1O[C@H](CC(=O)OC)CC(=O)[C@@H]1C.COC(=O)C[C@@H]1CC(=O)[C@H](C)[C@@H](CO)O1.COC(=O)C[C@@H]1CC(=O)[C@H](O)[C@@H](/C=C/I)O1. The maximum Gasteiger partial charge on any atom is 0.308 e. The molecule has 0 aliphatic carbocycles. The van der Waals surface area contributed by atoms with E-state index in [1.54, 1.807) is 17.1 Å². The first-order valence-corrected chi connectivity index (χ1v) is 22.8. The lowest BCUT2D eigenvalue weighted by Gasteiger charge is -2.34. The number of rotatable bonds is 12. The van der Waals surface area contributed by atoms with Crippen LogP contribution in [-0.2, 0) is 71.5 Å². The Hall–Kier alpha value is -2.67. The van der Waals surface area contributed by atoms with Gasteiger partial charge in [0.1, 0.15) is 23.8 Å². The molecule has 4 aliphatic rings. The number of aliphatic hydroxyl groups is 2. The van der Waals surface area contributed by atoms with E-state index in [2.05, 4.69) is 55.0 Å². The highest BCUT2D eigenvalue weighted by molar-refractivity contribution is 14.1. The number of aliphatic hydroxyl groups excluding tert-OH is 2. The molecular weight excluding hydrogens is 1040 g/mol. The van der Waals surface area contributed by atoms with Gasteiger partial charge in [0.05, 0.1) is 103 Å². The number of halogens is 2. The van der Waals surface area contributed by atoms with Crippen LogP contribution in [0.1, 0.15) is 85.5 Å². The summed E-state index contributed by atoms with van der Waals surface area (Å²) < 4.78 is 44.1. The van der Waals surface area contributed by atoms with Gasteiger partial charge in [-0.1, -0.05) is 85.0 Å². The molecule has 62 heavy (non-hydrogen) atoms. The number of hydrogen-bond donors (Lipinski definition) is 2. The molecule has 4 fully saturated rings. The Kier molecular flexibility index (Phi) is 28.2. The molecule has 0 radical (unpaired) electrons. The molecule has 0 spiro atoms. The molecule has 352 valence electrons. The largest absolute Gasteiger partial charge is 0.469 e. The maximum atomic E-state index is 11.6. The average molecular weight is 1110 g/mol. The van der Waals surface area contributed by atoms with Crippen molar-refractivity contribution in [2.24, 2.45) is 17.8 Å². The number of Topliss-reactive ketones (excluding diaryl/α,β-unsaturated/α-hetero) is 3. The highest BCUT2D eigenvalue weighted by atomic mass is 127. The summed E-state index contributed by atoms with van der Waals surface area (Å²) in [4.78, 5) is 78.8. The molecule has 0 amide bonds. The van der Waals surface area contributed by atoms with Crippen molar-refractivity contribution in [3.63, 3.8) is 0 Å². The number of ether oxygens (including phenoxy) is 8. The first kappa shape index (κ1) is 57.3. The van der Waals surface area contributed by atoms with Gasteiger partial charge in [0.15, 0.2) is 5.78 Å². The zero-order chi connectivity index (χ0) is 47.1. The lowest BCUT2D eigenvalue weighted by Crippen LogP contribution is -2.45. The molecule has 12 atom stereocenters. The first-order valence-electron chi connectivity index (χ1n) is 20.3. The number of carbonyl (C=O) groups excluding carboxylic acids is 7. The van der Waals surface area contributed by atoms with Gasteiger partial charge in [0.2, 0.25) is 0 Å². The van der Waals surface area contributed by atoms with Crippen molar-refractivity contribution in [1.29, 1.82) is 0 Å². The minimum Gasteiger partial charge on any atom is -0.469 e. The maximum absolute atomic E-state index is 11.6. The third kappa shape index (κ3) is 20.0. The summed E-state index contributed by atoms with van der Waals surface area (Å²) in [5.74, 6) is -1.53. The van der Waals surface area contributed by atoms with Crippen LogP contribution in [0.4, 0.5) is 0 Å². The van der Waals surface area contributed by atoms with Gasteiger partial charge in [-0.3, -0.25) is 33.6 Å². The van der Waals surface area contributed by atoms with E-state index in [9.17, 15) is 38.7 Å². The fourth-order valence-corrected chi connectivity index (χ4v) is 7.57. The Balaban J connectivity index is 0.000000414. The number of carbonyl (C=O) groups is 7. The third-order valence-electron chi connectivity index (χ3n) is 10.7. The number of ketones is 3. The van der Waals surface area contributed by atoms with Gasteiger partial charge in [-0.15, -0.1) is 0 Å². The van der Waals surface area contributed by atoms with Crippen molar-refractivity contribution >= 4 is 86.4 Å². The Morgan fingerprint density at radius 3 is 1.37 bits per heavy atom. The summed E-state index contributed by atoms with van der Waals surface area (Å²) in [6.45, 7) is 11.5. The van der Waals surface area contributed by atoms with Gasteiger partial charge in [-0.2, -0.15) is 0 Å². The minimum absolute atomic E-state index is 0.0211. The summed E-state index contributed by atoms with van der Waals surface area (Å²) in [5.41, 5.74) is 1.14. The zero-order valence-corrected chi connectivity index (χ0v) is 41.1. The molecule has 0 aromatic heterocycles. The second kappa shape index (κ2) is 30.5. The van der Waals surface area contributed by atoms with Gasteiger partial charge < -0.3 is 48.1 Å². The van der Waals surface area contributed by atoms with E-state index in [0.717, 1.165) is 18.4 Å². The molecule has 19 heteroatoms. The molecule has 4 saturated heterocycles. The minimum atomic E-state index is -1.14. The predicted octanol–water partition coefficient (Wildman–Crippen LogP) is 4.66. The molecule has 0 unspecified atom stereocenters. The zero-order valence-electron chi connectivity index (χ0n) is 36.8. The summed E-state index contributed by atoms with van der Waals surface area (Å²) in [5, 5.41) is 18.5. The van der Waals surface area contributed by atoms with Crippen molar-refractivity contribution in [2.75, 3.05) is 35.0 Å². The van der Waals surface area contributed by atoms with E-state index >= 15 is 0 Å². The summed E-state index contributed by atoms with van der Waals surface area (Å²) >= 11 is 4.14. The van der Waals surface area contributed by atoms with Gasteiger partial charge >= 0.3 is 23.9 Å². The fraction of sp³-hybridized carbons (Fsp3) is 0.698. The van der Waals surface area contributed by atoms with E-state index < -0.39 is 42.5 Å². The van der Waals surface area contributed by atoms with Crippen LogP contribution in [0.25, 0.3) is 0 Å². The summed E-state index contributed by atoms with van der Waals surface area (Å²) in [7, 11) is 5.31. The molecule has 0 aromatic carbocycles. The Labute approximate surface area is 391 Å². The van der Waals surface area contributed by atoms with Crippen LogP contribution in [0.2, 0.25) is 0 Å². The molecule has 4 rings (SSSR count). The molecule has 4 heterocycles. The van der Waals surface area contributed by atoms with Crippen LogP contribution in [0.15, 0.2) is 32.5 Å². The van der Waals surface area contributed by atoms with Gasteiger partial charge in [-0.05, 0) is 33.2 Å². The number of esters is 4. The van der Waals surface area contributed by atoms with Crippen LogP contribution >= 0.6 is 45.2 Å². The second-order valence-electron chi connectivity index (χ2n) is 15.1. The molecular formula is C43H64I2O17. The standard InChI is InChI=1S/C12H17IO3.C11H18O4.C10H13IO5.C10H16O5/c1-8-6-10(7-12(14)15-3)16-11(4-5-13)9(8)2;1-4-10-7(2)9(12)5-8(15-10)6-11(13)14-3;1-15-9(13)5-6-4-7(12)10(14)8(16-6)2-3-11;1-6-8(12)3-7(4-10(13)14-2)15-9(6)5-11/h4-5,9-11H,1,6-7H2,2-3H3;7-8,10H,4-6H2,1-3H3;2-3,6,8,10,14H,4-5H2,1H3;6-7,9,11H,3-5H2,1-2H3/b5-4+;;3-2+;/t9-,10-,11+;7-,8-,10+;6-,8+,10-;6-,7-,9+/m0000/s1. The van der Waals surface area contributed by atoms with Crippen LogP contribution in [0.5, 0.6) is 0 Å². The fourth-order valence-electron chi connectivity index (χ4n) is 6.75. The van der Waals surface area contributed by atoms with Crippen molar-refractivity contribution in [3.05, 3.63) is 32.5 Å². The first-order chi connectivity index (χ1) is 29.3. The van der Waals surface area contributed by atoms with Crippen LogP contribution in [0, 0.1) is 17.8 Å². The highest BCUT2D eigenvalue weighted by Crippen LogP contribution is 2.31. The van der Waals surface area contributed by atoms with Crippen LogP contribution < -0.4 is 0 Å². The van der Waals surface area contributed by atoms with E-state index in [4.69, 9.17) is 24.1 Å².